The van der Waals surface area contributed by atoms with Crippen molar-refractivity contribution in [1.29, 1.82) is 0 Å². The number of hydrogen-bond acceptors (Lipinski definition) is 6. The molecule has 0 unspecified atom stereocenters. The fourth-order valence-corrected chi connectivity index (χ4v) is 2.90. The first-order chi connectivity index (χ1) is 13.6. The summed E-state index contributed by atoms with van der Waals surface area (Å²) in [6.45, 7) is 5.91. The summed E-state index contributed by atoms with van der Waals surface area (Å²) in [6.07, 6.45) is 0. The predicted octanol–water partition coefficient (Wildman–Crippen LogP) is 4.59. The molecule has 1 N–H and O–H groups in total. The zero-order valence-electron chi connectivity index (χ0n) is 15.7. The fraction of sp³-hybridized carbons (Fsp3) is 0.316. The van der Waals surface area contributed by atoms with Crippen LogP contribution in [0.4, 0.5) is 5.95 Å². The van der Waals surface area contributed by atoms with Crippen molar-refractivity contribution < 1.29 is 9.47 Å². The van der Waals surface area contributed by atoms with Crippen LogP contribution in [0.25, 0.3) is 0 Å². The Bertz CT molecular complexity index is 915. The Kier molecular flexibility index (Phi) is 6.95. The van der Waals surface area contributed by atoms with Crippen LogP contribution in [0.1, 0.15) is 25.0 Å². The maximum atomic E-state index is 6.47. The molecule has 28 heavy (non-hydrogen) atoms. The van der Waals surface area contributed by atoms with E-state index in [4.69, 9.17) is 32.7 Å². The van der Waals surface area contributed by atoms with Crippen molar-refractivity contribution in [3.8, 4) is 11.5 Å². The number of tetrazole rings is 1. The first kappa shape index (κ1) is 20.2. The normalized spacial score (nSPS) is 10.7. The lowest BCUT2D eigenvalue weighted by molar-refractivity contribution is 0.269. The van der Waals surface area contributed by atoms with Crippen LogP contribution >= 0.6 is 23.2 Å². The third-order valence-electron chi connectivity index (χ3n) is 3.99. The molecular formula is C19H21Cl2N5O2. The van der Waals surface area contributed by atoms with E-state index < -0.39 is 0 Å². The molecule has 0 radical (unpaired) electrons. The summed E-state index contributed by atoms with van der Waals surface area (Å²) in [5.74, 6) is 1.80. The highest BCUT2D eigenvalue weighted by Gasteiger charge is 2.13. The van der Waals surface area contributed by atoms with Crippen molar-refractivity contribution in [1.82, 2.24) is 20.2 Å². The summed E-state index contributed by atoms with van der Waals surface area (Å²) in [5, 5.41) is 16.0. The average Bonchev–Trinajstić information content (AvgIpc) is 3.16. The second-order valence-corrected chi connectivity index (χ2v) is 6.75. The van der Waals surface area contributed by atoms with Gasteiger partial charge in [0.25, 0.3) is 0 Å². The maximum absolute atomic E-state index is 6.47. The van der Waals surface area contributed by atoms with Gasteiger partial charge in [0.1, 0.15) is 6.61 Å². The Hall–Kier alpha value is -2.51. The Morgan fingerprint density at radius 2 is 1.79 bits per heavy atom. The van der Waals surface area contributed by atoms with Crippen LogP contribution in [-0.2, 0) is 19.7 Å². The van der Waals surface area contributed by atoms with E-state index >= 15 is 0 Å². The topological polar surface area (TPSA) is 74.1 Å². The van der Waals surface area contributed by atoms with Crippen molar-refractivity contribution in [2.24, 2.45) is 0 Å². The first-order valence-corrected chi connectivity index (χ1v) is 9.68. The highest BCUT2D eigenvalue weighted by molar-refractivity contribution is 6.31. The molecule has 3 rings (SSSR count). The van der Waals surface area contributed by atoms with Crippen molar-refractivity contribution in [2.45, 2.75) is 33.5 Å². The molecule has 7 nitrogen and oxygen atoms in total. The summed E-state index contributed by atoms with van der Waals surface area (Å²) in [7, 11) is 0. The first-order valence-electron chi connectivity index (χ1n) is 8.93. The summed E-state index contributed by atoms with van der Waals surface area (Å²) in [4.78, 5) is 0. The quantitative estimate of drug-likeness (QED) is 0.544. The molecule has 0 atom stereocenters. The molecule has 2 aromatic carbocycles. The molecule has 0 saturated heterocycles. The largest absolute Gasteiger partial charge is 0.490 e. The van der Waals surface area contributed by atoms with Gasteiger partial charge < -0.3 is 14.8 Å². The maximum Gasteiger partial charge on any atom is 0.243 e. The molecule has 0 amide bonds. The Balaban J connectivity index is 1.74. The van der Waals surface area contributed by atoms with Gasteiger partial charge in [0.2, 0.25) is 5.95 Å². The molecule has 1 heterocycles. The second kappa shape index (κ2) is 9.61. The minimum absolute atomic E-state index is 0.385. The summed E-state index contributed by atoms with van der Waals surface area (Å²) < 4.78 is 13.3. The second-order valence-electron chi connectivity index (χ2n) is 5.91. The lowest BCUT2D eigenvalue weighted by Gasteiger charge is -2.15. The minimum Gasteiger partial charge on any atom is -0.490 e. The number of benzene rings is 2. The number of aromatic nitrogens is 4. The van der Waals surface area contributed by atoms with Gasteiger partial charge in [-0.05, 0) is 53.6 Å². The Labute approximate surface area is 173 Å². The Morgan fingerprint density at radius 3 is 2.50 bits per heavy atom. The predicted molar refractivity (Wildman–Crippen MR) is 109 cm³/mol. The van der Waals surface area contributed by atoms with Gasteiger partial charge in [0, 0.05) is 29.2 Å². The van der Waals surface area contributed by atoms with Crippen molar-refractivity contribution in [3.05, 3.63) is 57.6 Å². The minimum atomic E-state index is 0.385. The molecule has 148 valence electrons. The third-order valence-corrected chi connectivity index (χ3v) is 4.59. The molecule has 0 fully saturated rings. The molecule has 0 saturated carbocycles. The number of nitrogens with zero attached hydrogens (tertiary/aromatic N) is 4. The van der Waals surface area contributed by atoms with Gasteiger partial charge in [0.15, 0.2) is 11.5 Å². The number of nitrogens with one attached hydrogen (secondary N) is 1. The number of halogens is 2. The number of ether oxygens (including phenoxy) is 2. The lowest BCUT2D eigenvalue weighted by Crippen LogP contribution is -2.09. The van der Waals surface area contributed by atoms with Crippen LogP contribution in [0.5, 0.6) is 11.5 Å². The summed E-state index contributed by atoms with van der Waals surface area (Å²) in [5.41, 5.74) is 1.86. The van der Waals surface area contributed by atoms with Crippen LogP contribution in [0, 0.1) is 0 Å². The van der Waals surface area contributed by atoms with Crippen LogP contribution in [0.2, 0.25) is 10.0 Å². The molecule has 3 aromatic rings. The molecule has 0 aliphatic heterocycles. The smallest absolute Gasteiger partial charge is 0.243 e. The van der Waals surface area contributed by atoms with Crippen LogP contribution in [-0.4, -0.2) is 26.8 Å². The van der Waals surface area contributed by atoms with E-state index in [9.17, 15) is 0 Å². The van der Waals surface area contributed by atoms with Crippen LogP contribution < -0.4 is 14.8 Å². The van der Waals surface area contributed by atoms with Gasteiger partial charge in [-0.1, -0.05) is 40.4 Å². The van der Waals surface area contributed by atoms with Crippen molar-refractivity contribution in [3.63, 3.8) is 0 Å². The molecule has 9 heteroatoms. The van der Waals surface area contributed by atoms with Crippen molar-refractivity contribution in [2.75, 3.05) is 11.9 Å². The van der Waals surface area contributed by atoms with Gasteiger partial charge in [-0.2, -0.15) is 0 Å². The molecule has 1 aromatic heterocycles. The van der Waals surface area contributed by atoms with E-state index in [-0.39, 0.29) is 0 Å². The van der Waals surface area contributed by atoms with Crippen molar-refractivity contribution >= 4 is 29.2 Å². The number of rotatable bonds is 9. The monoisotopic (exact) mass is 421 g/mol. The summed E-state index contributed by atoms with van der Waals surface area (Å²) >= 11 is 12.4. The summed E-state index contributed by atoms with van der Waals surface area (Å²) in [6, 6.07) is 11.1. The van der Waals surface area contributed by atoms with Gasteiger partial charge >= 0.3 is 0 Å². The number of hydrogen-bond donors (Lipinski definition) is 1. The fourth-order valence-electron chi connectivity index (χ4n) is 2.55. The molecular weight excluding hydrogens is 401 g/mol. The highest BCUT2D eigenvalue weighted by Crippen LogP contribution is 2.34. The number of anilines is 1. The van der Waals surface area contributed by atoms with Gasteiger partial charge in [-0.3, -0.25) is 0 Å². The average molecular weight is 422 g/mol. The number of aryl methyl sites for hydroxylation is 1. The molecule has 0 bridgehead atoms. The third kappa shape index (κ3) is 5.05. The zero-order chi connectivity index (χ0) is 19.9. The standard InChI is InChI=1S/C19H21Cl2N5O2/c1-3-26-19(23-24-25-26)22-11-14-9-17(27-4-2)18(10-16(14)21)28-12-13-5-7-15(20)8-6-13/h5-10H,3-4,11-12H2,1-2H3,(H,22,23,25). The van der Waals surface area contributed by atoms with E-state index in [1.165, 1.54) is 0 Å². The highest BCUT2D eigenvalue weighted by atomic mass is 35.5. The van der Waals surface area contributed by atoms with Gasteiger partial charge in [-0.15, -0.1) is 0 Å². The van der Waals surface area contributed by atoms with E-state index in [1.807, 2.05) is 44.2 Å². The van der Waals surface area contributed by atoms with E-state index in [0.29, 0.717) is 53.8 Å². The zero-order valence-corrected chi connectivity index (χ0v) is 17.2. The van der Waals surface area contributed by atoms with Crippen LogP contribution in [0.15, 0.2) is 36.4 Å². The molecule has 0 aliphatic carbocycles. The Morgan fingerprint density at radius 1 is 1.04 bits per heavy atom. The SMILES string of the molecule is CCOc1cc(CNc2nnnn2CC)c(Cl)cc1OCc1ccc(Cl)cc1. The van der Waals surface area contributed by atoms with Gasteiger partial charge in [0.05, 0.1) is 6.61 Å². The van der Waals surface area contributed by atoms with Gasteiger partial charge in [-0.25, -0.2) is 4.68 Å². The van der Waals surface area contributed by atoms with E-state index in [2.05, 4.69) is 20.8 Å². The van der Waals surface area contributed by atoms with Crippen LogP contribution in [0.3, 0.4) is 0 Å². The van der Waals surface area contributed by atoms with E-state index in [0.717, 1.165) is 11.1 Å². The molecule has 0 spiro atoms. The molecule has 0 aliphatic rings. The lowest BCUT2D eigenvalue weighted by atomic mass is 10.2. The van der Waals surface area contributed by atoms with E-state index in [1.54, 1.807) is 10.7 Å².